The van der Waals surface area contributed by atoms with Gasteiger partial charge in [-0.3, -0.25) is 4.90 Å². The first-order valence-electron chi connectivity index (χ1n) is 8.93. The van der Waals surface area contributed by atoms with Gasteiger partial charge < -0.3 is 10.1 Å². The fourth-order valence-corrected chi connectivity index (χ4v) is 4.63. The Morgan fingerprint density at radius 3 is 2.35 bits per heavy atom. The quantitative estimate of drug-likeness (QED) is 0.664. The Balaban J connectivity index is 0.00000243. The number of hydrogen-bond acceptors (Lipinski definition) is 3. The van der Waals surface area contributed by atoms with Crippen molar-refractivity contribution in [2.75, 3.05) is 26.2 Å². The van der Waals surface area contributed by atoms with Gasteiger partial charge in [-0.25, -0.2) is 0 Å². The molecule has 148 valence electrons. The van der Waals surface area contributed by atoms with Gasteiger partial charge in [0.15, 0.2) is 0 Å². The molecule has 2 aliphatic rings. The van der Waals surface area contributed by atoms with E-state index in [1.807, 2.05) is 6.07 Å². The third-order valence-corrected chi connectivity index (χ3v) is 5.57. The lowest BCUT2D eigenvalue weighted by atomic mass is 9.80. The Morgan fingerprint density at radius 1 is 1.08 bits per heavy atom. The molecule has 3 rings (SSSR count). The molecular formula is C18H25BrClF3N2O. The Kier molecular flexibility index (Phi) is 8.07. The number of benzene rings is 1. The van der Waals surface area contributed by atoms with Gasteiger partial charge in [-0.2, -0.15) is 0 Å². The molecule has 1 N–H and O–H groups in total. The van der Waals surface area contributed by atoms with Gasteiger partial charge in [-0.05, 0) is 42.5 Å². The van der Waals surface area contributed by atoms with Crippen LogP contribution >= 0.6 is 28.3 Å². The summed E-state index contributed by atoms with van der Waals surface area (Å²) in [6.45, 7) is 3.68. The first-order valence-corrected chi connectivity index (χ1v) is 9.73. The highest BCUT2D eigenvalue weighted by molar-refractivity contribution is 9.10. The first kappa shape index (κ1) is 21.8. The first-order chi connectivity index (χ1) is 11.9. The second-order valence-corrected chi connectivity index (χ2v) is 7.81. The van der Waals surface area contributed by atoms with E-state index >= 15 is 0 Å². The summed E-state index contributed by atoms with van der Waals surface area (Å²) in [5, 5.41) is 3.35. The van der Waals surface area contributed by atoms with E-state index in [0.717, 1.165) is 44.6 Å². The van der Waals surface area contributed by atoms with Crippen molar-refractivity contribution in [2.24, 2.45) is 5.92 Å². The molecule has 1 saturated heterocycles. The number of nitrogens with one attached hydrogen (secondary N) is 1. The van der Waals surface area contributed by atoms with Gasteiger partial charge in [-0.15, -0.1) is 25.6 Å². The van der Waals surface area contributed by atoms with Crippen LogP contribution in [0.4, 0.5) is 13.2 Å². The Hall–Kier alpha value is -0.500. The summed E-state index contributed by atoms with van der Waals surface area (Å²) < 4.78 is 42.8. The maximum absolute atomic E-state index is 12.7. The SMILES string of the molecule is Cl.FC(F)(F)Oc1cc(Br)cc([C@H](C2CCCCC2)N2CCNCC2)c1. The summed E-state index contributed by atoms with van der Waals surface area (Å²) >= 11 is 3.36. The monoisotopic (exact) mass is 456 g/mol. The van der Waals surface area contributed by atoms with E-state index in [-0.39, 0.29) is 24.2 Å². The lowest BCUT2D eigenvalue weighted by molar-refractivity contribution is -0.274. The van der Waals surface area contributed by atoms with Gasteiger partial charge in [0.2, 0.25) is 0 Å². The molecule has 0 amide bonds. The molecule has 0 unspecified atom stereocenters. The molecular weight excluding hydrogens is 433 g/mol. The van der Waals surface area contributed by atoms with E-state index in [1.165, 1.54) is 25.3 Å². The van der Waals surface area contributed by atoms with Crippen molar-refractivity contribution in [1.82, 2.24) is 10.2 Å². The molecule has 1 aliphatic heterocycles. The van der Waals surface area contributed by atoms with Gasteiger partial charge in [0.25, 0.3) is 0 Å². The molecule has 1 heterocycles. The molecule has 0 radical (unpaired) electrons. The van der Waals surface area contributed by atoms with Crippen molar-refractivity contribution < 1.29 is 17.9 Å². The van der Waals surface area contributed by atoms with Crippen molar-refractivity contribution in [3.8, 4) is 5.75 Å². The number of halogens is 5. The van der Waals surface area contributed by atoms with E-state index in [1.54, 1.807) is 6.07 Å². The second kappa shape index (κ2) is 9.62. The van der Waals surface area contributed by atoms with E-state index < -0.39 is 6.36 Å². The normalized spacial score (nSPS) is 21.1. The highest BCUT2D eigenvalue weighted by atomic mass is 79.9. The molecule has 8 heteroatoms. The van der Waals surface area contributed by atoms with Crippen LogP contribution in [0.2, 0.25) is 0 Å². The molecule has 26 heavy (non-hydrogen) atoms. The summed E-state index contributed by atoms with van der Waals surface area (Å²) in [5.74, 6) is 0.340. The number of rotatable bonds is 4. The van der Waals surface area contributed by atoms with Gasteiger partial charge in [0, 0.05) is 36.7 Å². The van der Waals surface area contributed by atoms with Gasteiger partial charge in [-0.1, -0.05) is 35.2 Å². The molecule has 0 spiro atoms. The molecule has 1 aromatic carbocycles. The average molecular weight is 458 g/mol. The van der Waals surface area contributed by atoms with Gasteiger partial charge >= 0.3 is 6.36 Å². The number of alkyl halides is 3. The van der Waals surface area contributed by atoms with E-state index in [9.17, 15) is 13.2 Å². The molecule has 3 nitrogen and oxygen atoms in total. The second-order valence-electron chi connectivity index (χ2n) is 6.90. The highest BCUT2D eigenvalue weighted by Gasteiger charge is 2.34. The number of hydrogen-bond donors (Lipinski definition) is 1. The molecule has 1 aliphatic carbocycles. The molecule has 1 atom stereocenters. The lowest BCUT2D eigenvalue weighted by Gasteiger charge is -2.41. The van der Waals surface area contributed by atoms with E-state index in [2.05, 4.69) is 30.9 Å². The molecule has 0 bridgehead atoms. The van der Waals surface area contributed by atoms with Crippen LogP contribution in [0.5, 0.6) is 5.75 Å². The zero-order chi connectivity index (χ0) is 17.9. The zero-order valence-electron chi connectivity index (χ0n) is 14.5. The van der Waals surface area contributed by atoms with Crippen molar-refractivity contribution in [3.05, 3.63) is 28.2 Å². The van der Waals surface area contributed by atoms with Gasteiger partial charge in [0.05, 0.1) is 0 Å². The van der Waals surface area contributed by atoms with Crippen LogP contribution in [0.1, 0.15) is 43.7 Å². The molecule has 1 aromatic rings. The summed E-state index contributed by atoms with van der Waals surface area (Å²) in [6.07, 6.45) is 1.26. The van der Waals surface area contributed by atoms with Crippen LogP contribution in [0.25, 0.3) is 0 Å². The van der Waals surface area contributed by atoms with Crippen LogP contribution in [0.3, 0.4) is 0 Å². The third-order valence-electron chi connectivity index (χ3n) is 5.11. The van der Waals surface area contributed by atoms with Crippen molar-refractivity contribution in [1.29, 1.82) is 0 Å². The topological polar surface area (TPSA) is 24.5 Å². The van der Waals surface area contributed by atoms with Crippen molar-refractivity contribution in [3.63, 3.8) is 0 Å². The predicted molar refractivity (Wildman–Crippen MR) is 102 cm³/mol. The fraction of sp³-hybridized carbons (Fsp3) is 0.667. The minimum Gasteiger partial charge on any atom is -0.406 e. The standard InChI is InChI=1S/C18H24BrF3N2O.ClH/c19-15-10-14(11-16(12-15)25-18(20,21)22)17(13-4-2-1-3-5-13)24-8-6-23-7-9-24;/h10-13,17,23H,1-9H2;1H/t17-;/m0./s1. The molecule has 2 fully saturated rings. The largest absolute Gasteiger partial charge is 0.573 e. The number of piperazine rings is 1. The smallest absolute Gasteiger partial charge is 0.406 e. The van der Waals surface area contributed by atoms with Crippen LogP contribution in [0.15, 0.2) is 22.7 Å². The van der Waals surface area contributed by atoms with Crippen LogP contribution in [-0.4, -0.2) is 37.4 Å². The molecule has 1 saturated carbocycles. The summed E-state index contributed by atoms with van der Waals surface area (Å²) in [7, 11) is 0. The number of nitrogens with zero attached hydrogens (tertiary/aromatic N) is 1. The van der Waals surface area contributed by atoms with E-state index in [0.29, 0.717) is 10.4 Å². The van der Waals surface area contributed by atoms with Crippen molar-refractivity contribution >= 4 is 28.3 Å². The Labute approximate surface area is 167 Å². The number of ether oxygens (including phenoxy) is 1. The van der Waals surface area contributed by atoms with Crippen molar-refractivity contribution in [2.45, 2.75) is 44.5 Å². The lowest BCUT2D eigenvalue weighted by Crippen LogP contribution is -2.47. The summed E-state index contributed by atoms with van der Waals surface area (Å²) in [4.78, 5) is 2.42. The van der Waals surface area contributed by atoms with Crippen LogP contribution < -0.4 is 10.1 Å². The minimum atomic E-state index is -4.67. The predicted octanol–water partition coefficient (Wildman–Crippen LogP) is 5.30. The Morgan fingerprint density at radius 2 is 1.73 bits per heavy atom. The van der Waals surface area contributed by atoms with Crippen LogP contribution in [0, 0.1) is 5.92 Å². The highest BCUT2D eigenvalue weighted by Crippen LogP contribution is 2.41. The van der Waals surface area contributed by atoms with Crippen LogP contribution in [-0.2, 0) is 0 Å². The molecule has 0 aromatic heterocycles. The fourth-order valence-electron chi connectivity index (χ4n) is 4.14. The van der Waals surface area contributed by atoms with E-state index in [4.69, 9.17) is 0 Å². The maximum atomic E-state index is 12.7. The zero-order valence-corrected chi connectivity index (χ0v) is 16.9. The Bertz CT molecular complexity index is 558. The van der Waals surface area contributed by atoms with Gasteiger partial charge in [0.1, 0.15) is 5.75 Å². The minimum absolute atomic E-state index is 0. The maximum Gasteiger partial charge on any atom is 0.573 e. The third kappa shape index (κ3) is 6.01. The summed E-state index contributed by atoms with van der Waals surface area (Å²) in [5.41, 5.74) is 0.919. The summed E-state index contributed by atoms with van der Waals surface area (Å²) in [6, 6.07) is 5.05. The average Bonchev–Trinajstić information content (AvgIpc) is 2.55.